The first-order valence-corrected chi connectivity index (χ1v) is 10.1. The first-order chi connectivity index (χ1) is 15.3. The molecule has 3 aromatic carbocycles. The molecule has 0 spiro atoms. The summed E-state index contributed by atoms with van der Waals surface area (Å²) in [5, 5.41) is 11.0. The SMILES string of the molecule is COC(=O)c1c(C(=O)O)cc2cc(OC)c(OC)cc2c1-c1cc(Br)c(OC)c(OC)c1. The fourth-order valence-corrected chi connectivity index (χ4v) is 4.18. The van der Waals surface area contributed by atoms with Crippen LogP contribution < -0.4 is 18.9 Å². The van der Waals surface area contributed by atoms with Crippen LogP contribution in [-0.4, -0.2) is 52.6 Å². The lowest BCUT2D eigenvalue weighted by Gasteiger charge is -2.19. The van der Waals surface area contributed by atoms with E-state index in [0.29, 0.717) is 49.4 Å². The average Bonchev–Trinajstić information content (AvgIpc) is 2.80. The van der Waals surface area contributed by atoms with Gasteiger partial charge in [-0.3, -0.25) is 0 Å². The van der Waals surface area contributed by atoms with E-state index in [9.17, 15) is 14.7 Å². The number of aromatic carboxylic acids is 1. The molecule has 9 heteroatoms. The van der Waals surface area contributed by atoms with Gasteiger partial charge in [0.2, 0.25) is 0 Å². The van der Waals surface area contributed by atoms with Gasteiger partial charge in [0.15, 0.2) is 23.0 Å². The van der Waals surface area contributed by atoms with E-state index in [1.807, 2.05) is 0 Å². The molecule has 3 rings (SSSR count). The molecule has 0 fully saturated rings. The number of carboxylic acid groups (broad SMARTS) is 1. The molecule has 0 bridgehead atoms. The van der Waals surface area contributed by atoms with Crippen molar-refractivity contribution >= 4 is 38.6 Å². The third-order valence-corrected chi connectivity index (χ3v) is 5.58. The molecule has 0 aliphatic rings. The zero-order valence-corrected chi connectivity index (χ0v) is 19.7. The van der Waals surface area contributed by atoms with Gasteiger partial charge in [0.05, 0.1) is 51.1 Å². The topological polar surface area (TPSA) is 101 Å². The highest BCUT2D eigenvalue weighted by Crippen LogP contribution is 2.45. The summed E-state index contributed by atoms with van der Waals surface area (Å²) in [6, 6.07) is 8.12. The van der Waals surface area contributed by atoms with Crippen molar-refractivity contribution < 1.29 is 38.4 Å². The van der Waals surface area contributed by atoms with Gasteiger partial charge in [-0.25, -0.2) is 9.59 Å². The first kappa shape index (κ1) is 23.2. The summed E-state index contributed by atoms with van der Waals surface area (Å²) >= 11 is 3.46. The smallest absolute Gasteiger partial charge is 0.339 e. The van der Waals surface area contributed by atoms with Crippen molar-refractivity contribution in [3.8, 4) is 34.1 Å². The number of esters is 1. The van der Waals surface area contributed by atoms with Gasteiger partial charge in [-0.1, -0.05) is 0 Å². The number of ether oxygens (including phenoxy) is 5. The molecule has 0 saturated heterocycles. The molecule has 0 aliphatic carbocycles. The maximum Gasteiger partial charge on any atom is 0.339 e. The summed E-state index contributed by atoms with van der Waals surface area (Å²) in [4.78, 5) is 24.9. The fraction of sp³-hybridized carbons (Fsp3) is 0.217. The van der Waals surface area contributed by atoms with E-state index < -0.39 is 11.9 Å². The zero-order chi connectivity index (χ0) is 23.6. The molecule has 8 nitrogen and oxygen atoms in total. The van der Waals surface area contributed by atoms with Gasteiger partial charge in [-0.15, -0.1) is 0 Å². The molecule has 0 unspecified atom stereocenters. The highest BCUT2D eigenvalue weighted by atomic mass is 79.9. The number of carbonyl (C=O) groups excluding carboxylic acids is 1. The van der Waals surface area contributed by atoms with Gasteiger partial charge in [0.1, 0.15) is 0 Å². The van der Waals surface area contributed by atoms with E-state index in [2.05, 4.69) is 15.9 Å². The van der Waals surface area contributed by atoms with Crippen molar-refractivity contribution in [3.63, 3.8) is 0 Å². The number of hydrogen-bond acceptors (Lipinski definition) is 7. The number of rotatable bonds is 7. The predicted octanol–water partition coefficient (Wildman–Crippen LogP) is 4.79. The standard InChI is InChI=1S/C23H21BrO8/c1-28-16-8-11-6-14(22(25)26)20(23(27)32-5)19(13(11)10-17(16)29-2)12-7-15(24)21(31-4)18(9-12)30-3/h6-10H,1-5H3,(H,25,26). The van der Waals surface area contributed by atoms with Crippen LogP contribution in [0, 0.1) is 0 Å². The van der Waals surface area contributed by atoms with E-state index in [1.165, 1.54) is 41.6 Å². The summed E-state index contributed by atoms with van der Waals surface area (Å²) in [5.74, 6) is -0.389. The lowest BCUT2D eigenvalue weighted by molar-refractivity contribution is 0.0584. The minimum absolute atomic E-state index is 0.0983. The van der Waals surface area contributed by atoms with E-state index >= 15 is 0 Å². The number of hydrogen-bond donors (Lipinski definition) is 1. The van der Waals surface area contributed by atoms with Gasteiger partial charge >= 0.3 is 11.9 Å². The third-order valence-electron chi connectivity index (χ3n) is 4.99. The summed E-state index contributed by atoms with van der Waals surface area (Å²) < 4.78 is 27.1. The van der Waals surface area contributed by atoms with Gasteiger partial charge in [-0.2, -0.15) is 0 Å². The van der Waals surface area contributed by atoms with Gasteiger partial charge in [0.25, 0.3) is 0 Å². The van der Waals surface area contributed by atoms with Gasteiger partial charge < -0.3 is 28.8 Å². The molecule has 0 atom stereocenters. The Morgan fingerprint density at radius 3 is 1.97 bits per heavy atom. The van der Waals surface area contributed by atoms with Crippen molar-refractivity contribution in [1.29, 1.82) is 0 Å². The molecule has 0 radical (unpaired) electrons. The van der Waals surface area contributed by atoms with Crippen LogP contribution in [0.3, 0.4) is 0 Å². The fourth-order valence-electron chi connectivity index (χ4n) is 3.57. The Labute approximate surface area is 192 Å². The number of halogens is 1. The summed E-state index contributed by atoms with van der Waals surface area (Å²) in [6.07, 6.45) is 0. The Morgan fingerprint density at radius 2 is 1.44 bits per heavy atom. The predicted molar refractivity (Wildman–Crippen MR) is 122 cm³/mol. The van der Waals surface area contributed by atoms with Crippen molar-refractivity contribution in [3.05, 3.63) is 45.9 Å². The molecule has 32 heavy (non-hydrogen) atoms. The number of methoxy groups -OCH3 is 5. The Morgan fingerprint density at radius 1 is 0.812 bits per heavy atom. The maximum atomic E-state index is 12.8. The highest BCUT2D eigenvalue weighted by Gasteiger charge is 2.27. The van der Waals surface area contributed by atoms with Crippen LogP contribution in [0.2, 0.25) is 0 Å². The van der Waals surface area contributed by atoms with Crippen molar-refractivity contribution in [2.45, 2.75) is 0 Å². The molecule has 0 saturated carbocycles. The van der Waals surface area contributed by atoms with Crippen LogP contribution in [0.4, 0.5) is 0 Å². The molecule has 0 aliphatic heterocycles. The van der Waals surface area contributed by atoms with Crippen molar-refractivity contribution in [2.24, 2.45) is 0 Å². The second kappa shape index (κ2) is 9.35. The minimum Gasteiger partial charge on any atom is -0.493 e. The summed E-state index contributed by atoms with van der Waals surface area (Å²) in [7, 11) is 7.15. The second-order valence-corrected chi connectivity index (χ2v) is 7.45. The molecule has 0 amide bonds. The molecule has 1 N–H and O–H groups in total. The van der Waals surface area contributed by atoms with Crippen LogP contribution in [-0.2, 0) is 4.74 Å². The van der Waals surface area contributed by atoms with Gasteiger partial charge in [-0.05, 0) is 62.6 Å². The molecular formula is C23H21BrO8. The first-order valence-electron chi connectivity index (χ1n) is 9.27. The number of fused-ring (bicyclic) bond motifs is 1. The highest BCUT2D eigenvalue weighted by molar-refractivity contribution is 9.10. The third kappa shape index (κ3) is 3.91. The zero-order valence-electron chi connectivity index (χ0n) is 18.1. The van der Waals surface area contributed by atoms with E-state index in [0.717, 1.165) is 0 Å². The van der Waals surface area contributed by atoms with Crippen molar-refractivity contribution in [1.82, 2.24) is 0 Å². The molecule has 0 heterocycles. The van der Waals surface area contributed by atoms with Crippen LogP contribution in [0.15, 0.2) is 34.8 Å². The molecule has 0 aromatic heterocycles. The largest absolute Gasteiger partial charge is 0.493 e. The number of carboxylic acids is 1. The second-order valence-electron chi connectivity index (χ2n) is 6.59. The molecule has 3 aromatic rings. The lowest BCUT2D eigenvalue weighted by Crippen LogP contribution is -2.13. The van der Waals surface area contributed by atoms with Crippen LogP contribution in [0.1, 0.15) is 20.7 Å². The van der Waals surface area contributed by atoms with E-state index in [1.54, 1.807) is 24.3 Å². The Kier molecular flexibility index (Phi) is 6.78. The quantitative estimate of drug-likeness (QED) is 0.458. The van der Waals surface area contributed by atoms with E-state index in [-0.39, 0.29) is 11.1 Å². The molecule has 168 valence electrons. The number of benzene rings is 3. The summed E-state index contributed by atoms with van der Waals surface area (Å²) in [5.41, 5.74) is 0.543. The Balaban J connectivity index is 2.57. The van der Waals surface area contributed by atoms with Crippen LogP contribution in [0.25, 0.3) is 21.9 Å². The van der Waals surface area contributed by atoms with Crippen LogP contribution >= 0.6 is 15.9 Å². The lowest BCUT2D eigenvalue weighted by atomic mass is 9.89. The Bertz CT molecular complexity index is 1220. The minimum atomic E-state index is -1.28. The van der Waals surface area contributed by atoms with Crippen LogP contribution in [0.5, 0.6) is 23.0 Å². The maximum absolute atomic E-state index is 12.8. The Hall–Kier alpha value is -3.46. The monoisotopic (exact) mass is 504 g/mol. The van der Waals surface area contributed by atoms with E-state index in [4.69, 9.17) is 23.7 Å². The number of carbonyl (C=O) groups is 2. The van der Waals surface area contributed by atoms with Crippen molar-refractivity contribution in [2.75, 3.05) is 35.5 Å². The molecular weight excluding hydrogens is 484 g/mol. The normalized spacial score (nSPS) is 10.6. The average molecular weight is 505 g/mol. The summed E-state index contributed by atoms with van der Waals surface area (Å²) in [6.45, 7) is 0. The van der Waals surface area contributed by atoms with Gasteiger partial charge in [0, 0.05) is 5.56 Å².